The number of hydrogen-bond donors (Lipinski definition) is 2. The van der Waals surface area contributed by atoms with Crippen molar-refractivity contribution in [1.29, 1.82) is 0 Å². The van der Waals surface area contributed by atoms with Gasteiger partial charge < -0.3 is 15.4 Å². The molecule has 0 unspecified atom stereocenters. The molecule has 0 radical (unpaired) electrons. The fourth-order valence-electron chi connectivity index (χ4n) is 2.29. The lowest BCUT2D eigenvalue weighted by atomic mass is 10.2. The number of hydrogen-bond acceptors (Lipinski definition) is 3. The summed E-state index contributed by atoms with van der Waals surface area (Å²) in [6.45, 7) is 1.79. The highest BCUT2D eigenvalue weighted by atomic mass is 16.5. The summed E-state index contributed by atoms with van der Waals surface area (Å²) in [5.74, 6) is 0.850. The number of carbonyl (C=O) groups is 1. The fraction of sp³-hybridized carbons (Fsp3) is 0.533. The van der Waals surface area contributed by atoms with Crippen LogP contribution in [0.25, 0.3) is 0 Å². The molecule has 1 aromatic carbocycles. The summed E-state index contributed by atoms with van der Waals surface area (Å²) in [6, 6.07) is 8.27. The number of rotatable bonds is 5. The predicted molar refractivity (Wildman–Crippen MR) is 73.4 cm³/mol. The largest absolute Gasteiger partial charge is 0.492 e. The topological polar surface area (TPSA) is 50.4 Å². The maximum absolute atomic E-state index is 11.8. The Morgan fingerprint density at radius 2 is 2.05 bits per heavy atom. The first-order valence-corrected chi connectivity index (χ1v) is 7.08. The van der Waals surface area contributed by atoms with Gasteiger partial charge in [-0.25, -0.2) is 0 Å². The van der Waals surface area contributed by atoms with Crippen LogP contribution >= 0.6 is 0 Å². The molecule has 2 aliphatic rings. The van der Waals surface area contributed by atoms with Crippen LogP contribution in [-0.4, -0.2) is 31.1 Å². The molecule has 1 saturated carbocycles. The van der Waals surface area contributed by atoms with Crippen molar-refractivity contribution in [3.8, 4) is 5.75 Å². The van der Waals surface area contributed by atoms with Crippen molar-refractivity contribution in [2.45, 2.75) is 37.8 Å². The van der Waals surface area contributed by atoms with Gasteiger partial charge in [-0.3, -0.25) is 4.79 Å². The van der Waals surface area contributed by atoms with Crippen molar-refractivity contribution in [2.24, 2.45) is 0 Å². The Kier molecular flexibility index (Phi) is 3.69. The van der Waals surface area contributed by atoms with E-state index in [-0.39, 0.29) is 5.91 Å². The predicted octanol–water partition coefficient (Wildman–Crippen LogP) is 1.71. The first kappa shape index (κ1) is 12.5. The van der Waals surface area contributed by atoms with Crippen molar-refractivity contribution in [2.75, 3.05) is 13.2 Å². The molecular weight excluding hydrogens is 240 g/mol. The SMILES string of the molecule is O=C(NC1CC1)c1ccc(OC[C@H]2CCCN2)cc1. The minimum absolute atomic E-state index is 0.0199. The quantitative estimate of drug-likeness (QED) is 0.847. The zero-order valence-electron chi connectivity index (χ0n) is 11.0. The van der Waals surface area contributed by atoms with Gasteiger partial charge in [0, 0.05) is 17.6 Å². The van der Waals surface area contributed by atoms with E-state index in [1.165, 1.54) is 12.8 Å². The van der Waals surface area contributed by atoms with Gasteiger partial charge in [-0.05, 0) is 56.5 Å². The summed E-state index contributed by atoms with van der Waals surface area (Å²) < 4.78 is 5.72. The molecule has 0 bridgehead atoms. The van der Waals surface area contributed by atoms with Crippen LogP contribution in [0, 0.1) is 0 Å². The highest BCUT2D eigenvalue weighted by Crippen LogP contribution is 2.20. The summed E-state index contributed by atoms with van der Waals surface area (Å²) >= 11 is 0. The summed E-state index contributed by atoms with van der Waals surface area (Å²) in [5, 5.41) is 6.37. The first-order chi connectivity index (χ1) is 9.31. The Morgan fingerprint density at radius 1 is 1.26 bits per heavy atom. The third kappa shape index (κ3) is 3.47. The lowest BCUT2D eigenvalue weighted by Crippen LogP contribution is -2.28. The molecular formula is C15H20N2O2. The molecule has 4 nitrogen and oxygen atoms in total. The third-order valence-corrected chi connectivity index (χ3v) is 3.64. The van der Waals surface area contributed by atoms with E-state index in [4.69, 9.17) is 4.74 Å². The molecule has 2 fully saturated rings. The van der Waals surface area contributed by atoms with Gasteiger partial charge >= 0.3 is 0 Å². The summed E-state index contributed by atoms with van der Waals surface area (Å²) in [4.78, 5) is 11.8. The van der Waals surface area contributed by atoms with Crippen LogP contribution in [0.3, 0.4) is 0 Å². The highest BCUT2D eigenvalue weighted by Gasteiger charge is 2.23. The molecule has 0 spiro atoms. The minimum Gasteiger partial charge on any atom is -0.492 e. The Hall–Kier alpha value is -1.55. The second kappa shape index (κ2) is 5.61. The second-order valence-corrected chi connectivity index (χ2v) is 5.38. The normalized spacial score (nSPS) is 22.2. The molecule has 1 aliphatic heterocycles. The second-order valence-electron chi connectivity index (χ2n) is 5.38. The van der Waals surface area contributed by atoms with Crippen LogP contribution in [0.1, 0.15) is 36.0 Å². The Labute approximate surface area is 113 Å². The molecule has 2 N–H and O–H groups in total. The average molecular weight is 260 g/mol. The van der Waals surface area contributed by atoms with E-state index in [0.717, 1.165) is 25.1 Å². The highest BCUT2D eigenvalue weighted by molar-refractivity contribution is 5.94. The lowest BCUT2D eigenvalue weighted by molar-refractivity contribution is 0.0951. The number of benzene rings is 1. The van der Waals surface area contributed by atoms with Crippen molar-refractivity contribution in [1.82, 2.24) is 10.6 Å². The summed E-state index contributed by atoms with van der Waals surface area (Å²) in [6.07, 6.45) is 4.64. The van der Waals surface area contributed by atoms with Gasteiger partial charge in [-0.2, -0.15) is 0 Å². The zero-order valence-corrected chi connectivity index (χ0v) is 11.0. The number of nitrogens with one attached hydrogen (secondary N) is 2. The van der Waals surface area contributed by atoms with Gasteiger partial charge in [0.05, 0.1) is 0 Å². The molecule has 1 aliphatic carbocycles. The van der Waals surface area contributed by atoms with Gasteiger partial charge in [0.25, 0.3) is 5.91 Å². The van der Waals surface area contributed by atoms with E-state index >= 15 is 0 Å². The van der Waals surface area contributed by atoms with Gasteiger partial charge in [0.2, 0.25) is 0 Å². The van der Waals surface area contributed by atoms with E-state index in [0.29, 0.717) is 24.3 Å². The molecule has 102 valence electrons. The maximum atomic E-state index is 11.8. The first-order valence-electron chi connectivity index (χ1n) is 7.08. The van der Waals surface area contributed by atoms with Crippen LogP contribution in [0.2, 0.25) is 0 Å². The molecule has 1 saturated heterocycles. The van der Waals surface area contributed by atoms with Crippen LogP contribution in [0.5, 0.6) is 5.75 Å². The van der Waals surface area contributed by atoms with Crippen molar-refractivity contribution < 1.29 is 9.53 Å². The van der Waals surface area contributed by atoms with E-state index in [9.17, 15) is 4.79 Å². The summed E-state index contributed by atoms with van der Waals surface area (Å²) in [5.41, 5.74) is 0.707. The average Bonchev–Trinajstić information content (AvgIpc) is 3.09. The maximum Gasteiger partial charge on any atom is 0.251 e. The van der Waals surface area contributed by atoms with Crippen molar-refractivity contribution >= 4 is 5.91 Å². The molecule has 1 heterocycles. The molecule has 0 aromatic heterocycles. The number of ether oxygens (including phenoxy) is 1. The Bertz CT molecular complexity index is 434. The van der Waals surface area contributed by atoms with Gasteiger partial charge in [0.1, 0.15) is 12.4 Å². The lowest BCUT2D eigenvalue weighted by Gasteiger charge is -2.12. The Balaban J connectivity index is 1.51. The number of carbonyl (C=O) groups excluding carboxylic acids is 1. The molecule has 1 aromatic rings. The zero-order chi connectivity index (χ0) is 13.1. The molecule has 1 amide bonds. The van der Waals surface area contributed by atoms with E-state index in [1.54, 1.807) is 0 Å². The van der Waals surface area contributed by atoms with Gasteiger partial charge in [0.15, 0.2) is 0 Å². The van der Waals surface area contributed by atoms with Gasteiger partial charge in [-0.15, -0.1) is 0 Å². The standard InChI is InChI=1S/C15H20N2O2/c18-15(17-12-5-6-12)11-3-7-14(8-4-11)19-10-13-2-1-9-16-13/h3-4,7-8,12-13,16H,1-2,5-6,9-10H2,(H,17,18)/t13-/m1/s1. The van der Waals surface area contributed by atoms with E-state index in [2.05, 4.69) is 10.6 Å². The summed E-state index contributed by atoms with van der Waals surface area (Å²) in [7, 11) is 0. The third-order valence-electron chi connectivity index (χ3n) is 3.64. The van der Waals surface area contributed by atoms with Crippen LogP contribution in [0.4, 0.5) is 0 Å². The fourth-order valence-corrected chi connectivity index (χ4v) is 2.29. The van der Waals surface area contributed by atoms with Crippen molar-refractivity contribution in [3.63, 3.8) is 0 Å². The Morgan fingerprint density at radius 3 is 2.68 bits per heavy atom. The van der Waals surface area contributed by atoms with Crippen LogP contribution in [0.15, 0.2) is 24.3 Å². The minimum atomic E-state index is 0.0199. The van der Waals surface area contributed by atoms with E-state index in [1.807, 2.05) is 24.3 Å². The van der Waals surface area contributed by atoms with Crippen LogP contribution in [-0.2, 0) is 0 Å². The molecule has 4 heteroatoms. The number of amides is 1. The van der Waals surface area contributed by atoms with Gasteiger partial charge in [-0.1, -0.05) is 0 Å². The molecule has 1 atom stereocenters. The molecule has 3 rings (SSSR count). The molecule has 19 heavy (non-hydrogen) atoms. The van der Waals surface area contributed by atoms with Crippen molar-refractivity contribution in [3.05, 3.63) is 29.8 Å². The monoisotopic (exact) mass is 260 g/mol. The van der Waals surface area contributed by atoms with Crippen LogP contribution < -0.4 is 15.4 Å². The smallest absolute Gasteiger partial charge is 0.251 e. The van der Waals surface area contributed by atoms with E-state index < -0.39 is 0 Å².